The van der Waals surface area contributed by atoms with Gasteiger partial charge in [0.15, 0.2) is 5.78 Å². The molecular weight excluding hydrogens is 212 g/mol. The van der Waals surface area contributed by atoms with Crippen molar-refractivity contribution in [1.29, 1.82) is 0 Å². The number of benzene rings is 2. The molecule has 2 nitrogen and oxygen atoms in total. The molecule has 0 amide bonds. The van der Waals surface area contributed by atoms with E-state index in [4.69, 9.17) is 4.74 Å². The van der Waals surface area contributed by atoms with Crippen molar-refractivity contribution in [3.8, 4) is 5.75 Å². The Morgan fingerprint density at radius 1 is 1.06 bits per heavy atom. The highest BCUT2D eigenvalue weighted by atomic mass is 16.5. The van der Waals surface area contributed by atoms with Crippen LogP contribution >= 0.6 is 0 Å². The summed E-state index contributed by atoms with van der Waals surface area (Å²) in [5.41, 5.74) is 3.46. The largest absolute Gasteiger partial charge is 0.488 e. The Bertz CT molecular complexity index is 600. The standard InChI is InChI=1S/C15H12O2/c1-10-6-7-11-9-17-14-5-3-2-4-12(14)15(16)13(11)8-10/h2-8H,9H2,1H3. The fourth-order valence-electron chi connectivity index (χ4n) is 2.11. The lowest BCUT2D eigenvalue weighted by atomic mass is 9.97. The zero-order valence-electron chi connectivity index (χ0n) is 9.57. The Balaban J connectivity index is 2.22. The molecule has 0 saturated heterocycles. The van der Waals surface area contributed by atoms with Crippen LogP contribution in [0.1, 0.15) is 27.0 Å². The number of aryl methyl sites for hydroxylation is 1. The summed E-state index contributed by atoms with van der Waals surface area (Å²) in [6.45, 7) is 2.45. The van der Waals surface area contributed by atoms with Gasteiger partial charge in [0.2, 0.25) is 0 Å². The lowest BCUT2D eigenvalue weighted by molar-refractivity contribution is 0.103. The van der Waals surface area contributed by atoms with Crippen LogP contribution in [0.15, 0.2) is 42.5 Å². The van der Waals surface area contributed by atoms with Gasteiger partial charge in [-0.25, -0.2) is 0 Å². The van der Waals surface area contributed by atoms with E-state index in [1.807, 2.05) is 49.4 Å². The van der Waals surface area contributed by atoms with Gasteiger partial charge in [0, 0.05) is 11.1 Å². The summed E-state index contributed by atoms with van der Waals surface area (Å²) in [4.78, 5) is 12.4. The number of carbonyl (C=O) groups is 1. The Hall–Kier alpha value is -2.09. The number of carbonyl (C=O) groups excluding carboxylic acids is 1. The van der Waals surface area contributed by atoms with Crippen molar-refractivity contribution >= 4 is 5.78 Å². The zero-order chi connectivity index (χ0) is 11.8. The molecule has 2 aromatic rings. The Labute approximate surface area is 99.9 Å². The van der Waals surface area contributed by atoms with Gasteiger partial charge in [0.05, 0.1) is 5.56 Å². The smallest absolute Gasteiger partial charge is 0.197 e. The molecule has 84 valence electrons. The third kappa shape index (κ3) is 1.62. The molecule has 3 rings (SSSR count). The molecule has 0 N–H and O–H groups in total. The van der Waals surface area contributed by atoms with Gasteiger partial charge in [-0.3, -0.25) is 4.79 Å². The fraction of sp³-hybridized carbons (Fsp3) is 0.133. The molecule has 1 aliphatic heterocycles. The van der Waals surface area contributed by atoms with Crippen LogP contribution in [0.5, 0.6) is 5.75 Å². The molecule has 0 bridgehead atoms. The highest BCUT2D eigenvalue weighted by Gasteiger charge is 2.21. The maximum atomic E-state index is 12.4. The number of fused-ring (bicyclic) bond motifs is 2. The monoisotopic (exact) mass is 224 g/mol. The van der Waals surface area contributed by atoms with E-state index in [9.17, 15) is 4.79 Å². The van der Waals surface area contributed by atoms with Gasteiger partial charge in [-0.1, -0.05) is 29.8 Å². The predicted molar refractivity (Wildman–Crippen MR) is 65.4 cm³/mol. The van der Waals surface area contributed by atoms with Gasteiger partial charge in [-0.05, 0) is 25.1 Å². The minimum absolute atomic E-state index is 0.0526. The maximum Gasteiger partial charge on any atom is 0.197 e. The molecule has 0 aliphatic carbocycles. The number of rotatable bonds is 0. The average Bonchev–Trinajstić information content (AvgIpc) is 2.49. The molecule has 0 spiro atoms. The summed E-state index contributed by atoms with van der Waals surface area (Å²) in [5.74, 6) is 0.725. The van der Waals surface area contributed by atoms with E-state index in [-0.39, 0.29) is 5.78 Å². The van der Waals surface area contributed by atoms with Crippen molar-refractivity contribution in [2.24, 2.45) is 0 Å². The van der Waals surface area contributed by atoms with E-state index >= 15 is 0 Å². The van der Waals surface area contributed by atoms with Crippen molar-refractivity contribution in [2.75, 3.05) is 0 Å². The highest BCUT2D eigenvalue weighted by Crippen LogP contribution is 2.28. The Kier molecular flexibility index (Phi) is 2.22. The predicted octanol–water partition coefficient (Wildman–Crippen LogP) is 3.12. The van der Waals surface area contributed by atoms with Crippen LogP contribution in [-0.4, -0.2) is 5.78 Å². The average molecular weight is 224 g/mol. The second-order valence-electron chi connectivity index (χ2n) is 4.27. The van der Waals surface area contributed by atoms with E-state index in [1.165, 1.54) is 0 Å². The highest BCUT2D eigenvalue weighted by molar-refractivity contribution is 6.12. The number of ketones is 1. The first kappa shape index (κ1) is 10.1. The van der Waals surface area contributed by atoms with Crippen LogP contribution in [0.3, 0.4) is 0 Å². The topological polar surface area (TPSA) is 26.3 Å². The van der Waals surface area contributed by atoms with E-state index < -0.39 is 0 Å². The van der Waals surface area contributed by atoms with Crippen molar-refractivity contribution in [3.05, 3.63) is 64.7 Å². The van der Waals surface area contributed by atoms with Gasteiger partial charge in [-0.2, -0.15) is 0 Å². The number of hydrogen-bond acceptors (Lipinski definition) is 2. The first-order valence-corrected chi connectivity index (χ1v) is 5.62. The van der Waals surface area contributed by atoms with Gasteiger partial charge in [0.1, 0.15) is 12.4 Å². The molecule has 0 fully saturated rings. The van der Waals surface area contributed by atoms with Crippen molar-refractivity contribution < 1.29 is 9.53 Å². The second-order valence-corrected chi connectivity index (χ2v) is 4.27. The SMILES string of the molecule is Cc1ccc2c(c1)C(=O)c1ccccc1OC2. The molecule has 0 aromatic heterocycles. The molecule has 0 radical (unpaired) electrons. The third-order valence-corrected chi connectivity index (χ3v) is 3.02. The third-order valence-electron chi connectivity index (χ3n) is 3.02. The normalized spacial score (nSPS) is 13.4. The van der Waals surface area contributed by atoms with Gasteiger partial charge >= 0.3 is 0 Å². The summed E-state index contributed by atoms with van der Waals surface area (Å²) >= 11 is 0. The minimum Gasteiger partial charge on any atom is -0.488 e. The molecule has 1 aliphatic rings. The summed E-state index contributed by atoms with van der Waals surface area (Å²) in [6, 6.07) is 13.3. The van der Waals surface area contributed by atoms with Crippen LogP contribution in [0, 0.1) is 6.92 Å². The number of ether oxygens (including phenoxy) is 1. The van der Waals surface area contributed by atoms with Crippen molar-refractivity contribution in [3.63, 3.8) is 0 Å². The summed E-state index contributed by atoms with van der Waals surface area (Å²) < 4.78 is 5.66. The van der Waals surface area contributed by atoms with E-state index in [2.05, 4.69) is 0 Å². The van der Waals surface area contributed by atoms with Crippen molar-refractivity contribution in [2.45, 2.75) is 13.5 Å². The van der Waals surface area contributed by atoms with Crippen LogP contribution in [0.4, 0.5) is 0 Å². The Morgan fingerprint density at radius 2 is 1.88 bits per heavy atom. The minimum atomic E-state index is 0.0526. The fourth-order valence-corrected chi connectivity index (χ4v) is 2.11. The molecule has 17 heavy (non-hydrogen) atoms. The van der Waals surface area contributed by atoms with Crippen LogP contribution < -0.4 is 4.74 Å². The lowest BCUT2D eigenvalue weighted by Crippen LogP contribution is -2.03. The molecular formula is C15H12O2. The van der Waals surface area contributed by atoms with E-state index in [0.717, 1.165) is 16.7 Å². The zero-order valence-corrected chi connectivity index (χ0v) is 9.57. The lowest BCUT2D eigenvalue weighted by Gasteiger charge is -2.04. The second kappa shape index (κ2) is 3.74. The van der Waals surface area contributed by atoms with Gasteiger partial charge < -0.3 is 4.74 Å². The molecule has 0 unspecified atom stereocenters. The molecule has 0 saturated carbocycles. The molecule has 1 heterocycles. The van der Waals surface area contributed by atoms with Gasteiger partial charge in [-0.15, -0.1) is 0 Å². The number of para-hydroxylation sites is 1. The maximum absolute atomic E-state index is 12.4. The van der Waals surface area contributed by atoms with E-state index in [1.54, 1.807) is 0 Å². The van der Waals surface area contributed by atoms with Crippen LogP contribution in [0.25, 0.3) is 0 Å². The quantitative estimate of drug-likeness (QED) is 0.687. The van der Waals surface area contributed by atoms with Gasteiger partial charge in [0.25, 0.3) is 0 Å². The Morgan fingerprint density at radius 3 is 2.76 bits per heavy atom. The first-order chi connectivity index (χ1) is 8.25. The molecule has 0 atom stereocenters. The summed E-state index contributed by atoms with van der Waals surface area (Å²) in [6.07, 6.45) is 0. The van der Waals surface area contributed by atoms with Crippen LogP contribution in [-0.2, 0) is 6.61 Å². The summed E-state index contributed by atoms with van der Waals surface area (Å²) in [7, 11) is 0. The molecule has 2 heteroatoms. The van der Waals surface area contributed by atoms with Crippen molar-refractivity contribution in [1.82, 2.24) is 0 Å². The molecule has 2 aromatic carbocycles. The summed E-state index contributed by atoms with van der Waals surface area (Å²) in [5, 5.41) is 0. The van der Waals surface area contributed by atoms with Crippen LogP contribution in [0.2, 0.25) is 0 Å². The van der Waals surface area contributed by atoms with E-state index in [0.29, 0.717) is 17.9 Å². The number of hydrogen-bond donors (Lipinski definition) is 0. The first-order valence-electron chi connectivity index (χ1n) is 5.62.